The van der Waals surface area contributed by atoms with Crippen molar-refractivity contribution in [2.24, 2.45) is 5.73 Å². The van der Waals surface area contributed by atoms with Gasteiger partial charge in [0, 0.05) is 13.0 Å². The molecule has 0 aromatic carbocycles. The van der Waals surface area contributed by atoms with E-state index in [9.17, 15) is 19.0 Å². The van der Waals surface area contributed by atoms with Crippen molar-refractivity contribution in [3.8, 4) is 0 Å². The normalized spacial score (nSPS) is 14.6. The van der Waals surface area contributed by atoms with Gasteiger partial charge in [-0.25, -0.2) is 4.57 Å². The molecule has 11 heteroatoms. The van der Waals surface area contributed by atoms with Crippen LogP contribution in [0.4, 0.5) is 0 Å². The Morgan fingerprint density at radius 2 is 0.866 bits per heavy atom. The quantitative estimate of drug-likeness (QED) is 0.0232. The maximum Gasteiger partial charge on any atom is 0.472 e. The number of hydrogen-bond donors (Lipinski definition) is 3. The number of rotatable bonds is 48. The number of ether oxygens (including phenoxy) is 2. The van der Waals surface area contributed by atoms with Crippen molar-refractivity contribution in [2.75, 3.05) is 26.4 Å². The molecule has 0 radical (unpaired) electrons. The second-order valence-corrected chi connectivity index (χ2v) is 18.4. The van der Waals surface area contributed by atoms with Crippen LogP contribution in [0.25, 0.3) is 0 Å². The minimum Gasteiger partial charge on any atom is -0.480 e. The van der Waals surface area contributed by atoms with Gasteiger partial charge >= 0.3 is 19.8 Å². The number of carbonyl (C=O) groups is 2. The van der Waals surface area contributed by atoms with Crippen LogP contribution in [-0.4, -0.2) is 60.5 Å². The summed E-state index contributed by atoms with van der Waals surface area (Å²) in [6.45, 7) is 3.67. The number of hydrogen-bond acceptors (Lipinski definition) is 8. The predicted molar refractivity (Wildman–Crippen MR) is 281 cm³/mol. The number of esters is 1. The molecule has 0 aliphatic carbocycles. The number of carboxylic acid groups (broad SMARTS) is 1. The maximum absolute atomic E-state index is 12.7. The van der Waals surface area contributed by atoms with Gasteiger partial charge in [0.15, 0.2) is 0 Å². The highest BCUT2D eigenvalue weighted by Gasteiger charge is 2.27. The molecule has 0 rings (SSSR count). The molecule has 0 heterocycles. The van der Waals surface area contributed by atoms with Crippen molar-refractivity contribution in [2.45, 2.75) is 206 Å². The summed E-state index contributed by atoms with van der Waals surface area (Å²) in [5, 5.41) is 8.93. The Labute approximate surface area is 408 Å². The van der Waals surface area contributed by atoms with Crippen LogP contribution in [0.15, 0.2) is 109 Å². The third kappa shape index (κ3) is 50.3. The van der Waals surface area contributed by atoms with E-state index in [1.54, 1.807) is 0 Å². The summed E-state index contributed by atoms with van der Waals surface area (Å²) in [5.74, 6) is -1.85. The van der Waals surface area contributed by atoms with Crippen molar-refractivity contribution in [3.05, 3.63) is 109 Å². The first-order chi connectivity index (χ1) is 32.7. The maximum atomic E-state index is 12.7. The number of phosphoric ester groups is 1. The fraction of sp³-hybridized carbons (Fsp3) is 0.643. The molecule has 0 amide bonds. The topological polar surface area (TPSA) is 155 Å². The van der Waals surface area contributed by atoms with E-state index in [1.165, 1.54) is 89.9 Å². The van der Waals surface area contributed by atoms with Crippen LogP contribution in [0, 0.1) is 0 Å². The van der Waals surface area contributed by atoms with Crippen LogP contribution in [0.3, 0.4) is 0 Å². The van der Waals surface area contributed by atoms with E-state index >= 15 is 0 Å². The molecule has 382 valence electrons. The highest BCUT2D eigenvalue weighted by molar-refractivity contribution is 7.47. The summed E-state index contributed by atoms with van der Waals surface area (Å²) in [7, 11) is -4.65. The number of unbranched alkanes of at least 4 members (excludes halogenated alkanes) is 16. The molecule has 0 aromatic heterocycles. The molecular weight excluding hydrogens is 862 g/mol. The number of nitrogens with two attached hydrogens (primary N) is 1. The first-order valence-corrected chi connectivity index (χ1v) is 27.4. The summed E-state index contributed by atoms with van der Waals surface area (Å²) >= 11 is 0. The molecule has 0 bridgehead atoms. The van der Waals surface area contributed by atoms with Crippen LogP contribution in [0.2, 0.25) is 0 Å². The van der Waals surface area contributed by atoms with Gasteiger partial charge in [-0.3, -0.25) is 18.6 Å². The molecule has 0 fully saturated rings. The highest BCUT2D eigenvalue weighted by atomic mass is 31.2. The van der Waals surface area contributed by atoms with E-state index in [4.69, 9.17) is 29.4 Å². The van der Waals surface area contributed by atoms with E-state index in [0.29, 0.717) is 19.4 Å². The number of aliphatic carboxylic acids is 1. The van der Waals surface area contributed by atoms with Crippen molar-refractivity contribution >= 4 is 19.8 Å². The van der Waals surface area contributed by atoms with Crippen LogP contribution < -0.4 is 5.73 Å². The Morgan fingerprint density at radius 1 is 0.493 bits per heavy atom. The van der Waals surface area contributed by atoms with Crippen LogP contribution in [-0.2, 0) is 32.7 Å². The first-order valence-electron chi connectivity index (χ1n) is 25.9. The average Bonchev–Trinajstić information content (AvgIpc) is 3.31. The lowest BCUT2D eigenvalue weighted by Gasteiger charge is -2.20. The minimum absolute atomic E-state index is 0.0155. The van der Waals surface area contributed by atoms with Gasteiger partial charge in [-0.1, -0.05) is 200 Å². The second kappa shape index (κ2) is 50.5. The molecule has 0 saturated heterocycles. The summed E-state index contributed by atoms with van der Waals surface area (Å²) in [6, 6.07) is -1.49. The first kappa shape index (κ1) is 63.6. The van der Waals surface area contributed by atoms with E-state index in [-0.39, 0.29) is 13.0 Å². The Kier molecular flexibility index (Phi) is 48.0. The van der Waals surface area contributed by atoms with Crippen LogP contribution in [0.1, 0.15) is 194 Å². The van der Waals surface area contributed by atoms with Gasteiger partial charge in [-0.05, 0) is 96.3 Å². The van der Waals surface area contributed by atoms with Gasteiger partial charge in [0.05, 0.1) is 19.8 Å². The van der Waals surface area contributed by atoms with Crippen LogP contribution >= 0.6 is 7.82 Å². The molecule has 0 aliphatic heterocycles. The molecule has 3 unspecified atom stereocenters. The molecular formula is C56H94NO9P. The summed E-state index contributed by atoms with van der Waals surface area (Å²) in [6.07, 6.45) is 68.7. The molecule has 67 heavy (non-hydrogen) atoms. The third-order valence-corrected chi connectivity index (χ3v) is 11.5. The number of carbonyl (C=O) groups excluding carboxylic acids is 1. The lowest BCUT2D eigenvalue weighted by molar-refractivity contribution is -0.154. The summed E-state index contributed by atoms with van der Waals surface area (Å²) in [5.41, 5.74) is 5.37. The fourth-order valence-electron chi connectivity index (χ4n) is 6.56. The summed E-state index contributed by atoms with van der Waals surface area (Å²) < 4.78 is 33.4. The zero-order valence-corrected chi connectivity index (χ0v) is 42.8. The molecule has 0 spiro atoms. The fourth-order valence-corrected chi connectivity index (χ4v) is 7.34. The number of carboxylic acids is 1. The molecule has 0 aromatic rings. The smallest absolute Gasteiger partial charge is 0.472 e. The van der Waals surface area contributed by atoms with Gasteiger partial charge in [-0.2, -0.15) is 0 Å². The van der Waals surface area contributed by atoms with Gasteiger partial charge in [0.2, 0.25) is 0 Å². The molecule has 0 aliphatic rings. The molecule has 0 saturated carbocycles. The molecule has 3 atom stereocenters. The Bertz CT molecular complexity index is 1480. The molecule has 4 N–H and O–H groups in total. The minimum atomic E-state index is -4.65. The van der Waals surface area contributed by atoms with E-state index < -0.39 is 45.1 Å². The van der Waals surface area contributed by atoms with E-state index in [1.807, 2.05) is 6.08 Å². The lowest BCUT2D eigenvalue weighted by Crippen LogP contribution is -2.34. The predicted octanol–water partition coefficient (Wildman–Crippen LogP) is 15.4. The Morgan fingerprint density at radius 3 is 1.30 bits per heavy atom. The van der Waals surface area contributed by atoms with Crippen molar-refractivity contribution in [1.29, 1.82) is 0 Å². The molecule has 10 nitrogen and oxygen atoms in total. The lowest BCUT2D eigenvalue weighted by atomic mass is 10.1. The largest absolute Gasteiger partial charge is 0.480 e. The van der Waals surface area contributed by atoms with Crippen molar-refractivity contribution in [3.63, 3.8) is 0 Å². The van der Waals surface area contributed by atoms with Crippen LogP contribution in [0.5, 0.6) is 0 Å². The Balaban J connectivity index is 4.28. The zero-order chi connectivity index (χ0) is 49.0. The van der Waals surface area contributed by atoms with Crippen molar-refractivity contribution < 1.29 is 42.7 Å². The third-order valence-electron chi connectivity index (χ3n) is 10.5. The monoisotopic (exact) mass is 956 g/mol. The second-order valence-electron chi connectivity index (χ2n) is 16.9. The Hall–Kier alpha value is -3.37. The average molecular weight is 956 g/mol. The van der Waals surface area contributed by atoms with Crippen molar-refractivity contribution in [1.82, 2.24) is 0 Å². The zero-order valence-electron chi connectivity index (χ0n) is 42.0. The van der Waals surface area contributed by atoms with E-state index in [2.05, 4.69) is 117 Å². The number of allylic oxidation sites excluding steroid dienone is 18. The van der Waals surface area contributed by atoms with Gasteiger partial charge < -0.3 is 25.2 Å². The van der Waals surface area contributed by atoms with Gasteiger partial charge in [0.1, 0.15) is 12.1 Å². The number of phosphoric acid groups is 1. The van der Waals surface area contributed by atoms with E-state index in [0.717, 1.165) is 70.6 Å². The van der Waals surface area contributed by atoms with Gasteiger partial charge in [0.25, 0.3) is 0 Å². The summed E-state index contributed by atoms with van der Waals surface area (Å²) in [4.78, 5) is 33.7. The van der Waals surface area contributed by atoms with Gasteiger partial charge in [-0.15, -0.1) is 0 Å². The highest BCUT2D eigenvalue weighted by Crippen LogP contribution is 2.43. The SMILES string of the molecule is CC/C=C\C/C=C\C/C=C\C/C=C\C/C=C\C/C=C\C/C=C\CCCC(=O)OC(COCCCCCCCCCCCC/C=C\C/C=C\CCCCCCC)COP(=O)(O)OCC(N)C(=O)O. The standard InChI is InChI=1S/C56H94NO9P/c1-3-5-7-9-11-13-15-17-19-21-23-25-27-28-30-32-34-36-38-40-42-44-46-48-55(58)66-53(51-64-67(61,62)65-52-54(57)56(59)60)50-63-49-47-45-43-41-39-37-35-33-31-29-26-24-22-20-18-16-14-12-10-8-6-4-2/h5,7,11,13,16-19,22-25,28,30,34,36,40,42,53-54H,3-4,6,8-10,12,14-15,20-21,26-27,29,31-33,35,37-39,41,43-52,57H2,1-2H3,(H,59,60)(H,61,62)/b7-5-,13-11-,18-16-,19-17-,24-22-,25-23-,30-28-,36-34-,42-40-.